The number of ether oxygens (including phenoxy) is 1. The highest BCUT2D eigenvalue weighted by molar-refractivity contribution is 5.90. The van der Waals surface area contributed by atoms with Gasteiger partial charge in [0, 0.05) is 11.5 Å². The van der Waals surface area contributed by atoms with Crippen molar-refractivity contribution in [1.29, 1.82) is 0 Å². The second kappa shape index (κ2) is 3.06. The predicted molar refractivity (Wildman–Crippen MR) is 50.7 cm³/mol. The molecule has 0 atom stereocenters. The summed E-state index contributed by atoms with van der Waals surface area (Å²) in [6.45, 7) is 0. The first-order chi connectivity index (χ1) is 6.72. The van der Waals surface area contributed by atoms with Gasteiger partial charge in [0.2, 0.25) is 0 Å². The van der Waals surface area contributed by atoms with Crippen LogP contribution >= 0.6 is 0 Å². The lowest BCUT2D eigenvalue weighted by Crippen LogP contribution is -1.96. The molecule has 0 bridgehead atoms. The Bertz CT molecular complexity index is 527. The maximum Gasteiger partial charge on any atom is 0.339 e. The summed E-state index contributed by atoms with van der Waals surface area (Å²) in [6.07, 6.45) is 0. The van der Waals surface area contributed by atoms with Gasteiger partial charge in [-0.25, -0.2) is 4.79 Å². The van der Waals surface area contributed by atoms with Gasteiger partial charge in [-0.1, -0.05) is 6.07 Å². The molecule has 0 spiro atoms. The van der Waals surface area contributed by atoms with E-state index in [2.05, 4.69) is 4.42 Å². The third-order valence-corrected chi connectivity index (χ3v) is 1.98. The summed E-state index contributed by atoms with van der Waals surface area (Å²) in [7, 11) is 1.50. The molecule has 0 aliphatic heterocycles. The van der Waals surface area contributed by atoms with E-state index in [4.69, 9.17) is 4.74 Å². The lowest BCUT2D eigenvalue weighted by Gasteiger charge is -2.04. The van der Waals surface area contributed by atoms with Crippen molar-refractivity contribution in [2.45, 2.75) is 0 Å². The summed E-state index contributed by atoms with van der Waals surface area (Å²) in [5.41, 5.74) is -0.598. The van der Waals surface area contributed by atoms with E-state index < -0.39 is 5.63 Å². The van der Waals surface area contributed by atoms with Gasteiger partial charge in [0.25, 0.3) is 5.95 Å². The summed E-state index contributed by atoms with van der Waals surface area (Å²) >= 11 is 0. The van der Waals surface area contributed by atoms with Gasteiger partial charge in [0.15, 0.2) is 0 Å². The first-order valence-corrected chi connectivity index (χ1v) is 4.02. The van der Waals surface area contributed by atoms with E-state index in [1.807, 2.05) is 0 Å². The molecule has 1 N–H and O–H groups in total. The van der Waals surface area contributed by atoms with Crippen LogP contribution in [0.25, 0.3) is 10.8 Å². The van der Waals surface area contributed by atoms with Gasteiger partial charge in [-0.15, -0.1) is 0 Å². The van der Waals surface area contributed by atoms with E-state index in [1.165, 1.54) is 13.2 Å². The Morgan fingerprint density at radius 3 is 2.86 bits per heavy atom. The van der Waals surface area contributed by atoms with Crippen molar-refractivity contribution in [2.24, 2.45) is 0 Å². The highest BCUT2D eigenvalue weighted by Gasteiger charge is 2.07. The molecule has 14 heavy (non-hydrogen) atoms. The third-order valence-electron chi connectivity index (χ3n) is 1.98. The first-order valence-electron chi connectivity index (χ1n) is 4.02. The molecule has 0 radical (unpaired) electrons. The van der Waals surface area contributed by atoms with Crippen molar-refractivity contribution in [2.75, 3.05) is 7.11 Å². The van der Waals surface area contributed by atoms with Crippen molar-refractivity contribution in [3.05, 3.63) is 34.7 Å². The molecule has 1 aromatic carbocycles. The number of benzene rings is 1. The molecule has 4 nitrogen and oxygen atoms in total. The van der Waals surface area contributed by atoms with E-state index in [0.29, 0.717) is 16.5 Å². The smallest absolute Gasteiger partial charge is 0.339 e. The molecular weight excluding hydrogens is 184 g/mol. The number of rotatable bonds is 1. The van der Waals surface area contributed by atoms with Crippen molar-refractivity contribution in [3.63, 3.8) is 0 Å². The first kappa shape index (κ1) is 8.62. The Morgan fingerprint density at radius 1 is 1.36 bits per heavy atom. The summed E-state index contributed by atoms with van der Waals surface area (Å²) < 4.78 is 9.58. The fourth-order valence-electron chi connectivity index (χ4n) is 1.35. The molecule has 0 aliphatic carbocycles. The van der Waals surface area contributed by atoms with Crippen LogP contribution in [0.3, 0.4) is 0 Å². The summed E-state index contributed by atoms with van der Waals surface area (Å²) in [6, 6.07) is 6.35. The lowest BCUT2D eigenvalue weighted by molar-refractivity contribution is 0.317. The molecule has 0 saturated heterocycles. The second-order valence-corrected chi connectivity index (χ2v) is 2.79. The summed E-state index contributed by atoms with van der Waals surface area (Å²) in [5.74, 6) is 0.150. The lowest BCUT2D eigenvalue weighted by atomic mass is 10.1. The highest BCUT2D eigenvalue weighted by Crippen LogP contribution is 2.29. The fraction of sp³-hybridized carbons (Fsp3) is 0.100. The molecule has 4 heteroatoms. The minimum absolute atomic E-state index is 0.383. The van der Waals surface area contributed by atoms with Gasteiger partial charge in [0.05, 0.1) is 12.5 Å². The van der Waals surface area contributed by atoms with E-state index in [9.17, 15) is 9.90 Å². The van der Waals surface area contributed by atoms with Crippen LogP contribution in [0.4, 0.5) is 0 Å². The van der Waals surface area contributed by atoms with Crippen molar-refractivity contribution in [1.82, 2.24) is 0 Å². The molecule has 0 amide bonds. The Balaban J connectivity index is 2.93. The van der Waals surface area contributed by atoms with Crippen LogP contribution in [0.2, 0.25) is 0 Å². The average molecular weight is 192 g/mol. The SMILES string of the molecule is COc1cccc2c(O)oc(=O)cc12. The van der Waals surface area contributed by atoms with Gasteiger partial charge >= 0.3 is 5.63 Å². The van der Waals surface area contributed by atoms with E-state index in [0.717, 1.165) is 0 Å². The zero-order valence-electron chi connectivity index (χ0n) is 7.48. The van der Waals surface area contributed by atoms with Crippen LogP contribution < -0.4 is 10.4 Å². The van der Waals surface area contributed by atoms with Crippen molar-refractivity contribution >= 4 is 10.8 Å². The summed E-state index contributed by atoms with van der Waals surface area (Å²) in [5, 5.41) is 10.4. The standard InChI is InChI=1S/C10H8O4/c1-13-8-4-2-3-6-7(8)5-9(11)14-10(6)12/h2-5,12H,1H3. The minimum Gasteiger partial charge on any atom is -0.496 e. The number of methoxy groups -OCH3 is 1. The normalized spacial score (nSPS) is 10.4. The third kappa shape index (κ3) is 1.21. The zero-order valence-corrected chi connectivity index (χ0v) is 7.48. The number of hydrogen-bond donors (Lipinski definition) is 1. The molecule has 72 valence electrons. The van der Waals surface area contributed by atoms with E-state index in [1.54, 1.807) is 18.2 Å². The highest BCUT2D eigenvalue weighted by atomic mass is 16.5. The molecular formula is C10H8O4. The van der Waals surface area contributed by atoms with Crippen LogP contribution in [-0.4, -0.2) is 12.2 Å². The molecule has 2 rings (SSSR count). The van der Waals surface area contributed by atoms with Crippen LogP contribution in [0.15, 0.2) is 33.5 Å². The van der Waals surface area contributed by atoms with Crippen LogP contribution in [0.5, 0.6) is 11.7 Å². The molecule has 2 aromatic rings. The van der Waals surface area contributed by atoms with E-state index in [-0.39, 0.29) is 5.95 Å². The van der Waals surface area contributed by atoms with Crippen molar-refractivity contribution < 1.29 is 14.3 Å². The summed E-state index contributed by atoms with van der Waals surface area (Å²) in [4.78, 5) is 11.0. The Kier molecular flexibility index (Phi) is 1.89. The molecule has 1 heterocycles. The molecule has 0 unspecified atom stereocenters. The monoisotopic (exact) mass is 192 g/mol. The minimum atomic E-state index is -0.598. The Labute approximate surface area is 79.4 Å². The average Bonchev–Trinajstić information content (AvgIpc) is 2.17. The maximum absolute atomic E-state index is 11.0. The van der Waals surface area contributed by atoms with Crippen molar-refractivity contribution in [3.8, 4) is 11.7 Å². The van der Waals surface area contributed by atoms with Gasteiger partial charge in [0.1, 0.15) is 5.75 Å². The molecule has 1 aromatic heterocycles. The quantitative estimate of drug-likeness (QED) is 0.743. The van der Waals surface area contributed by atoms with Crippen LogP contribution in [0.1, 0.15) is 0 Å². The Morgan fingerprint density at radius 2 is 2.14 bits per heavy atom. The number of fused-ring (bicyclic) bond motifs is 1. The van der Waals surface area contributed by atoms with E-state index >= 15 is 0 Å². The van der Waals surface area contributed by atoms with Gasteiger partial charge < -0.3 is 14.3 Å². The second-order valence-electron chi connectivity index (χ2n) is 2.79. The maximum atomic E-state index is 11.0. The molecule has 0 aliphatic rings. The topological polar surface area (TPSA) is 59.7 Å². The van der Waals surface area contributed by atoms with Gasteiger partial charge in [-0.05, 0) is 12.1 Å². The largest absolute Gasteiger partial charge is 0.496 e. The number of hydrogen-bond acceptors (Lipinski definition) is 4. The predicted octanol–water partition coefficient (Wildman–Crippen LogP) is 1.51. The van der Waals surface area contributed by atoms with Gasteiger partial charge in [-0.2, -0.15) is 0 Å². The fourth-order valence-corrected chi connectivity index (χ4v) is 1.35. The molecule has 0 saturated carbocycles. The van der Waals surface area contributed by atoms with Crippen LogP contribution in [0, 0.1) is 0 Å². The Hall–Kier alpha value is -1.97. The van der Waals surface area contributed by atoms with Gasteiger partial charge in [-0.3, -0.25) is 0 Å². The van der Waals surface area contributed by atoms with Crippen LogP contribution in [-0.2, 0) is 0 Å². The molecule has 0 fully saturated rings. The number of aromatic hydroxyl groups is 1. The zero-order chi connectivity index (χ0) is 10.1.